The Hall–Kier alpha value is -2.38. The van der Waals surface area contributed by atoms with Crippen LogP contribution < -0.4 is 11.1 Å². The summed E-state index contributed by atoms with van der Waals surface area (Å²) in [5.74, 6) is -0.401. The smallest absolute Gasteiger partial charge is 0.340 e. The number of nitrogens with two attached hydrogens (primary N) is 1. The second-order valence-electron chi connectivity index (χ2n) is 6.17. The first-order valence-electron chi connectivity index (χ1n) is 8.78. The molecule has 0 spiro atoms. The molecule has 0 radical (unpaired) electrons. The normalized spacial score (nSPS) is 12.6. The Labute approximate surface area is 157 Å². The minimum Gasteiger partial charge on any atom is -0.340 e. The van der Waals surface area contributed by atoms with Crippen molar-refractivity contribution in [2.45, 2.75) is 18.6 Å². The second-order valence-corrected chi connectivity index (χ2v) is 6.17. The minimum absolute atomic E-state index is 0.0764. The lowest BCUT2D eigenvalue weighted by Gasteiger charge is -2.26. The molecule has 2 rings (SSSR count). The molecule has 2 aromatic rings. The lowest BCUT2D eigenvalue weighted by molar-refractivity contribution is -0.159. The number of hydrogen-bond donors (Lipinski definition) is 2. The van der Waals surface area contributed by atoms with Crippen molar-refractivity contribution in [3.8, 4) is 0 Å². The Morgan fingerprint density at radius 2 is 1.59 bits per heavy atom. The number of carbonyl (C=O) groups is 1. The molecule has 4 nitrogen and oxygen atoms in total. The molecular weight excluding hydrogens is 355 g/mol. The summed E-state index contributed by atoms with van der Waals surface area (Å²) < 4.78 is 40.1. The van der Waals surface area contributed by atoms with Gasteiger partial charge < -0.3 is 10.6 Å². The van der Waals surface area contributed by atoms with Crippen LogP contribution in [0.4, 0.5) is 13.2 Å². The lowest BCUT2D eigenvalue weighted by atomic mass is 10.1. The van der Waals surface area contributed by atoms with Crippen LogP contribution >= 0.6 is 0 Å². The van der Waals surface area contributed by atoms with Crippen LogP contribution in [-0.2, 0) is 11.2 Å². The highest BCUT2D eigenvalue weighted by atomic mass is 19.4. The van der Waals surface area contributed by atoms with E-state index < -0.39 is 24.7 Å². The van der Waals surface area contributed by atoms with Gasteiger partial charge in [-0.1, -0.05) is 60.7 Å². The molecule has 1 amide bonds. The zero-order chi connectivity index (χ0) is 19.7. The van der Waals surface area contributed by atoms with Gasteiger partial charge >= 0.3 is 6.18 Å². The number of carbonyl (C=O) groups excluding carboxylic acids is 1. The fourth-order valence-electron chi connectivity index (χ4n) is 2.80. The fourth-order valence-corrected chi connectivity index (χ4v) is 2.80. The maximum absolute atomic E-state index is 13.4. The van der Waals surface area contributed by atoms with E-state index >= 15 is 0 Å². The number of rotatable bonds is 9. The van der Waals surface area contributed by atoms with Crippen LogP contribution in [0.15, 0.2) is 60.7 Å². The Bertz CT molecular complexity index is 693. The fraction of sp³-hybridized carbons (Fsp3) is 0.350. The van der Waals surface area contributed by atoms with Crippen LogP contribution in [0.5, 0.6) is 0 Å². The third-order valence-corrected chi connectivity index (χ3v) is 4.18. The first kappa shape index (κ1) is 20.9. The van der Waals surface area contributed by atoms with Gasteiger partial charge in [-0.15, -0.1) is 0 Å². The van der Waals surface area contributed by atoms with Crippen molar-refractivity contribution in [3.05, 3.63) is 71.8 Å². The van der Waals surface area contributed by atoms with Crippen LogP contribution in [-0.4, -0.2) is 43.2 Å². The van der Waals surface area contributed by atoms with Gasteiger partial charge in [-0.3, -0.25) is 10.1 Å². The number of nitrogens with one attached hydrogen (secondary N) is 1. The summed E-state index contributed by atoms with van der Waals surface area (Å²) >= 11 is 0. The van der Waals surface area contributed by atoms with Gasteiger partial charge in [0.05, 0.1) is 6.54 Å². The second kappa shape index (κ2) is 10.1. The SMILES string of the molecule is NCCN(CCc1ccccc1)C(=O)CNC(c1ccccc1)C(F)(F)F. The van der Waals surface area contributed by atoms with Gasteiger partial charge in [-0.2, -0.15) is 13.2 Å². The van der Waals surface area contributed by atoms with Crippen LogP contribution in [0.3, 0.4) is 0 Å². The lowest BCUT2D eigenvalue weighted by Crippen LogP contribution is -2.45. The summed E-state index contributed by atoms with van der Waals surface area (Å²) in [6, 6.07) is 15.2. The van der Waals surface area contributed by atoms with Gasteiger partial charge in [0.1, 0.15) is 6.04 Å². The van der Waals surface area contributed by atoms with Gasteiger partial charge in [0.15, 0.2) is 0 Å². The molecule has 0 fully saturated rings. The monoisotopic (exact) mass is 379 g/mol. The summed E-state index contributed by atoms with van der Waals surface area (Å²) in [6.07, 6.45) is -3.88. The number of benzene rings is 2. The molecule has 0 aromatic heterocycles. The van der Waals surface area contributed by atoms with Crippen molar-refractivity contribution >= 4 is 5.91 Å². The van der Waals surface area contributed by atoms with Crippen LogP contribution in [0.2, 0.25) is 0 Å². The van der Waals surface area contributed by atoms with Crippen LogP contribution in [0, 0.1) is 0 Å². The zero-order valence-corrected chi connectivity index (χ0v) is 15.0. The zero-order valence-electron chi connectivity index (χ0n) is 15.0. The van der Waals surface area contributed by atoms with Gasteiger partial charge in [-0.25, -0.2) is 0 Å². The standard InChI is InChI=1S/C20H24F3N3O/c21-20(22,23)19(17-9-5-2-6-10-17)25-15-18(27)26(14-12-24)13-11-16-7-3-1-4-8-16/h1-10,19,25H,11-15,24H2. The molecule has 0 aliphatic rings. The van der Waals surface area contributed by atoms with Crippen molar-refractivity contribution in [1.82, 2.24) is 10.2 Å². The van der Waals surface area contributed by atoms with E-state index in [1.807, 2.05) is 30.3 Å². The van der Waals surface area contributed by atoms with E-state index in [0.717, 1.165) is 5.56 Å². The Balaban J connectivity index is 1.98. The molecule has 1 unspecified atom stereocenters. The number of alkyl halides is 3. The van der Waals surface area contributed by atoms with Crippen molar-refractivity contribution in [3.63, 3.8) is 0 Å². The molecule has 0 aliphatic heterocycles. The van der Waals surface area contributed by atoms with E-state index in [1.54, 1.807) is 6.07 Å². The molecule has 2 aromatic carbocycles. The summed E-state index contributed by atoms with van der Waals surface area (Å²) in [7, 11) is 0. The number of nitrogens with zero attached hydrogens (tertiary/aromatic N) is 1. The van der Waals surface area contributed by atoms with Crippen LogP contribution in [0.25, 0.3) is 0 Å². The van der Waals surface area contributed by atoms with Crippen molar-refractivity contribution < 1.29 is 18.0 Å². The molecule has 0 bridgehead atoms. The third kappa shape index (κ3) is 6.69. The third-order valence-electron chi connectivity index (χ3n) is 4.18. The molecule has 27 heavy (non-hydrogen) atoms. The Kier molecular flexibility index (Phi) is 7.82. The van der Waals surface area contributed by atoms with Gasteiger partial charge in [0, 0.05) is 19.6 Å². The summed E-state index contributed by atoms with van der Waals surface area (Å²) in [5.41, 5.74) is 6.69. The highest BCUT2D eigenvalue weighted by molar-refractivity contribution is 5.78. The quantitative estimate of drug-likeness (QED) is 0.704. The molecule has 146 valence electrons. The molecule has 0 saturated carbocycles. The summed E-state index contributed by atoms with van der Waals surface area (Å²) in [5, 5.41) is 2.36. The molecular formula is C20H24F3N3O. The van der Waals surface area contributed by atoms with Gasteiger partial charge in [0.2, 0.25) is 5.91 Å². The average Bonchev–Trinajstić information content (AvgIpc) is 2.65. The largest absolute Gasteiger partial charge is 0.407 e. The molecule has 0 saturated heterocycles. The van der Waals surface area contributed by atoms with E-state index in [2.05, 4.69) is 5.32 Å². The van der Waals surface area contributed by atoms with E-state index in [0.29, 0.717) is 19.5 Å². The molecule has 1 atom stereocenters. The first-order chi connectivity index (χ1) is 12.9. The molecule has 0 aliphatic carbocycles. The first-order valence-corrected chi connectivity index (χ1v) is 8.78. The molecule has 3 N–H and O–H groups in total. The van der Waals surface area contributed by atoms with Crippen molar-refractivity contribution in [2.75, 3.05) is 26.2 Å². The van der Waals surface area contributed by atoms with E-state index in [9.17, 15) is 18.0 Å². The highest BCUT2D eigenvalue weighted by Gasteiger charge is 2.40. The Morgan fingerprint density at radius 1 is 1.00 bits per heavy atom. The topological polar surface area (TPSA) is 58.4 Å². The highest BCUT2D eigenvalue weighted by Crippen LogP contribution is 2.32. The van der Waals surface area contributed by atoms with Gasteiger partial charge in [0.25, 0.3) is 0 Å². The predicted molar refractivity (Wildman–Crippen MR) is 99.0 cm³/mol. The van der Waals surface area contributed by atoms with E-state index in [1.165, 1.54) is 29.2 Å². The molecule has 0 heterocycles. The minimum atomic E-state index is -4.50. The number of amides is 1. The number of halogens is 3. The van der Waals surface area contributed by atoms with Gasteiger partial charge in [-0.05, 0) is 17.5 Å². The van der Waals surface area contributed by atoms with Crippen molar-refractivity contribution in [1.29, 1.82) is 0 Å². The maximum Gasteiger partial charge on any atom is 0.407 e. The summed E-state index contributed by atoms with van der Waals surface area (Å²) in [6.45, 7) is 0.550. The Morgan fingerprint density at radius 3 is 2.15 bits per heavy atom. The maximum atomic E-state index is 13.4. The van der Waals surface area contributed by atoms with E-state index in [-0.39, 0.29) is 12.1 Å². The summed E-state index contributed by atoms with van der Waals surface area (Å²) in [4.78, 5) is 14.0. The number of hydrogen-bond acceptors (Lipinski definition) is 3. The molecule has 7 heteroatoms. The van der Waals surface area contributed by atoms with E-state index in [4.69, 9.17) is 5.73 Å². The van der Waals surface area contributed by atoms with Crippen molar-refractivity contribution in [2.24, 2.45) is 5.73 Å². The van der Waals surface area contributed by atoms with Crippen LogP contribution in [0.1, 0.15) is 17.2 Å². The average molecular weight is 379 g/mol. The predicted octanol–water partition coefficient (Wildman–Crippen LogP) is 2.91.